The molecule has 0 saturated heterocycles. The van der Waals surface area contributed by atoms with Gasteiger partial charge in [0.2, 0.25) is 0 Å². The predicted molar refractivity (Wildman–Crippen MR) is 38.0 cm³/mol. The topological polar surface area (TPSA) is 21.6 Å². The van der Waals surface area contributed by atoms with Gasteiger partial charge in [0.15, 0.2) is 10.8 Å². The lowest BCUT2D eigenvalue weighted by molar-refractivity contribution is 0.379. The molecule has 9 heavy (non-hydrogen) atoms. The van der Waals surface area contributed by atoms with Crippen molar-refractivity contribution in [1.29, 1.82) is 0 Å². The summed E-state index contributed by atoms with van der Waals surface area (Å²) in [5.41, 5.74) is 0. The van der Waals surface area contributed by atoms with Crippen LogP contribution in [-0.2, 0) is 0 Å². The van der Waals surface area contributed by atoms with Gasteiger partial charge in [0.05, 0.1) is 0 Å². The zero-order valence-corrected chi connectivity index (χ0v) is 5.52. The molecule has 0 amide bonds. The Morgan fingerprint density at radius 2 is 2.67 bits per heavy atom. The first kappa shape index (κ1) is 4.99. The molecule has 2 rings (SSSR count). The predicted octanol–water partition coefficient (Wildman–Crippen LogP) is 1.84. The molecular formula is C6H5NOS. The van der Waals surface area contributed by atoms with Crippen LogP contribution in [0, 0.1) is 0 Å². The van der Waals surface area contributed by atoms with Crippen molar-refractivity contribution in [2.24, 2.45) is 4.99 Å². The van der Waals surface area contributed by atoms with Crippen molar-refractivity contribution >= 4 is 22.6 Å². The average Bonchev–Trinajstić information content (AvgIpc) is 2.33. The van der Waals surface area contributed by atoms with E-state index in [0.717, 1.165) is 10.8 Å². The molecule has 0 atom stereocenters. The van der Waals surface area contributed by atoms with Gasteiger partial charge in [0.25, 0.3) is 0 Å². The van der Waals surface area contributed by atoms with Crippen LogP contribution in [0.4, 0.5) is 5.00 Å². The first-order valence-corrected chi connectivity index (χ1v) is 3.57. The number of hydrogen-bond acceptors (Lipinski definition) is 3. The molecule has 2 nitrogen and oxygen atoms in total. The maximum Gasteiger partial charge on any atom is 0.157 e. The van der Waals surface area contributed by atoms with Gasteiger partial charge in [0, 0.05) is 6.21 Å². The molecule has 0 unspecified atom stereocenters. The van der Waals surface area contributed by atoms with E-state index in [2.05, 4.69) is 4.99 Å². The Morgan fingerprint density at radius 1 is 1.67 bits per heavy atom. The number of nitrogens with zero attached hydrogens (tertiary/aromatic N) is 1. The molecular weight excluding hydrogens is 134 g/mol. The number of hydrogen-bond donors (Lipinski definition) is 0. The van der Waals surface area contributed by atoms with Crippen molar-refractivity contribution in [1.82, 2.24) is 0 Å². The molecule has 0 radical (unpaired) electrons. The quantitative estimate of drug-likeness (QED) is 0.537. The van der Waals surface area contributed by atoms with Gasteiger partial charge in [-0.1, -0.05) is 0 Å². The van der Waals surface area contributed by atoms with Gasteiger partial charge >= 0.3 is 0 Å². The van der Waals surface area contributed by atoms with E-state index in [-0.39, 0.29) is 0 Å². The minimum Gasteiger partial charge on any atom is -0.485 e. The van der Waals surface area contributed by atoms with Crippen LogP contribution in [0.5, 0.6) is 5.75 Å². The van der Waals surface area contributed by atoms with E-state index in [1.807, 2.05) is 11.4 Å². The van der Waals surface area contributed by atoms with Crippen LogP contribution in [0.1, 0.15) is 0 Å². The molecule has 3 heteroatoms. The molecule has 0 N–H and O–H groups in total. The van der Waals surface area contributed by atoms with Crippen molar-refractivity contribution in [2.45, 2.75) is 0 Å². The fourth-order valence-corrected chi connectivity index (χ4v) is 1.44. The molecule has 1 aliphatic heterocycles. The number of thiophene rings is 1. The molecule has 0 spiro atoms. The summed E-state index contributed by atoms with van der Waals surface area (Å²) in [4.78, 5) is 4.12. The summed E-state index contributed by atoms with van der Waals surface area (Å²) in [6, 6.07) is 1.94. The molecule has 0 aromatic carbocycles. The molecule has 1 aromatic heterocycles. The van der Waals surface area contributed by atoms with Crippen molar-refractivity contribution < 1.29 is 4.74 Å². The zero-order valence-electron chi connectivity index (χ0n) is 4.70. The van der Waals surface area contributed by atoms with E-state index in [1.165, 1.54) is 0 Å². The number of ether oxygens (including phenoxy) is 1. The Bertz CT molecular complexity index is 241. The molecule has 1 aromatic rings. The monoisotopic (exact) mass is 139 g/mol. The summed E-state index contributed by atoms with van der Waals surface area (Å²) in [5.74, 6) is 0.919. The third-order valence-corrected chi connectivity index (χ3v) is 1.93. The fourth-order valence-electron chi connectivity index (χ4n) is 0.741. The Labute approximate surface area is 56.8 Å². The molecule has 2 heterocycles. The molecule has 1 aliphatic rings. The van der Waals surface area contributed by atoms with Gasteiger partial charge in [-0.25, -0.2) is 4.99 Å². The second-order valence-electron chi connectivity index (χ2n) is 1.71. The third-order valence-electron chi connectivity index (χ3n) is 1.13. The minimum atomic E-state index is 0.615. The fraction of sp³-hybridized carbons (Fsp3) is 0.167. The van der Waals surface area contributed by atoms with E-state index in [1.54, 1.807) is 17.6 Å². The highest BCUT2D eigenvalue weighted by atomic mass is 32.1. The van der Waals surface area contributed by atoms with Crippen LogP contribution in [-0.4, -0.2) is 12.8 Å². The van der Waals surface area contributed by atoms with Crippen LogP contribution in [0.3, 0.4) is 0 Å². The normalized spacial score (nSPS) is 14.7. The van der Waals surface area contributed by atoms with Crippen molar-refractivity contribution in [3.63, 3.8) is 0 Å². The zero-order chi connectivity index (χ0) is 6.10. The van der Waals surface area contributed by atoms with E-state index < -0.39 is 0 Å². The Morgan fingerprint density at radius 3 is 3.56 bits per heavy atom. The summed E-state index contributed by atoms with van der Waals surface area (Å²) in [6.07, 6.45) is 1.78. The van der Waals surface area contributed by atoms with Gasteiger partial charge in [0.1, 0.15) is 6.61 Å². The van der Waals surface area contributed by atoms with Crippen molar-refractivity contribution in [3.05, 3.63) is 11.4 Å². The van der Waals surface area contributed by atoms with E-state index in [0.29, 0.717) is 6.61 Å². The molecule has 0 bridgehead atoms. The largest absolute Gasteiger partial charge is 0.485 e. The Balaban J connectivity index is 2.53. The highest BCUT2D eigenvalue weighted by molar-refractivity contribution is 7.14. The first-order valence-electron chi connectivity index (χ1n) is 2.69. The lowest BCUT2D eigenvalue weighted by Crippen LogP contribution is -2.00. The second kappa shape index (κ2) is 1.84. The minimum absolute atomic E-state index is 0.615. The maximum atomic E-state index is 5.22. The lowest BCUT2D eigenvalue weighted by atomic mass is 10.5. The standard InChI is InChI=1S/C6H5NOS/c1-4-9-6-5(1)8-3-2-7-6/h1-2,4H,3H2. The van der Waals surface area contributed by atoms with E-state index in [4.69, 9.17) is 4.74 Å². The third kappa shape index (κ3) is 0.733. The highest BCUT2D eigenvalue weighted by Crippen LogP contribution is 2.34. The average molecular weight is 139 g/mol. The van der Waals surface area contributed by atoms with Gasteiger partial charge in [-0.15, -0.1) is 11.3 Å². The van der Waals surface area contributed by atoms with Crippen LogP contribution >= 0.6 is 11.3 Å². The van der Waals surface area contributed by atoms with Gasteiger partial charge < -0.3 is 4.74 Å². The van der Waals surface area contributed by atoms with Gasteiger partial charge in [-0.2, -0.15) is 0 Å². The second-order valence-corrected chi connectivity index (χ2v) is 2.61. The molecule has 0 fully saturated rings. The van der Waals surface area contributed by atoms with Crippen LogP contribution in [0.2, 0.25) is 0 Å². The Hall–Kier alpha value is -0.830. The summed E-state index contributed by atoms with van der Waals surface area (Å²) in [7, 11) is 0. The number of aliphatic imine (C=N–C) groups is 1. The SMILES string of the molecule is C1=Nc2sccc2OC1. The van der Waals surface area contributed by atoms with E-state index >= 15 is 0 Å². The number of fused-ring (bicyclic) bond motifs is 1. The molecule has 46 valence electrons. The first-order chi connectivity index (χ1) is 4.47. The highest BCUT2D eigenvalue weighted by Gasteiger charge is 2.05. The van der Waals surface area contributed by atoms with Gasteiger partial charge in [-0.05, 0) is 11.4 Å². The number of rotatable bonds is 0. The smallest absolute Gasteiger partial charge is 0.157 e. The maximum absolute atomic E-state index is 5.22. The summed E-state index contributed by atoms with van der Waals surface area (Å²) in [6.45, 7) is 0.615. The van der Waals surface area contributed by atoms with Gasteiger partial charge in [-0.3, -0.25) is 0 Å². The molecule has 0 saturated carbocycles. The summed E-state index contributed by atoms with van der Waals surface area (Å²) >= 11 is 1.60. The van der Waals surface area contributed by atoms with Crippen molar-refractivity contribution in [3.8, 4) is 5.75 Å². The van der Waals surface area contributed by atoms with Crippen LogP contribution in [0.15, 0.2) is 16.4 Å². The van der Waals surface area contributed by atoms with E-state index in [9.17, 15) is 0 Å². The Kier molecular flexibility index (Phi) is 1.02. The van der Waals surface area contributed by atoms with Crippen molar-refractivity contribution in [2.75, 3.05) is 6.61 Å². The lowest BCUT2D eigenvalue weighted by Gasteiger charge is -2.04. The summed E-state index contributed by atoms with van der Waals surface area (Å²) in [5, 5.41) is 2.97. The molecule has 0 aliphatic carbocycles. The van der Waals surface area contributed by atoms with Crippen LogP contribution < -0.4 is 4.74 Å². The summed E-state index contributed by atoms with van der Waals surface area (Å²) < 4.78 is 5.22. The van der Waals surface area contributed by atoms with Crippen LogP contribution in [0.25, 0.3) is 0 Å².